The van der Waals surface area contributed by atoms with E-state index in [4.69, 9.17) is 0 Å². The molecule has 3 heteroatoms. The fourth-order valence-electron chi connectivity index (χ4n) is 3.39. The second kappa shape index (κ2) is 7.16. The van der Waals surface area contributed by atoms with Gasteiger partial charge in [0.2, 0.25) is 0 Å². The Morgan fingerprint density at radius 2 is 1.18 bits per heavy atom. The van der Waals surface area contributed by atoms with Crippen LogP contribution in [0.4, 0.5) is 0 Å². The maximum Gasteiger partial charge on any atom is 0.309 e. The minimum absolute atomic E-state index is 0.0429. The van der Waals surface area contributed by atoms with Crippen molar-refractivity contribution in [3.05, 3.63) is 12.2 Å². The van der Waals surface area contributed by atoms with E-state index >= 15 is 0 Å². The first-order chi connectivity index (χ1) is 9.56. The van der Waals surface area contributed by atoms with Gasteiger partial charge in [-0.25, -0.2) is 0 Å². The zero-order valence-electron chi connectivity index (χ0n) is 15.8. The summed E-state index contributed by atoms with van der Waals surface area (Å²) >= 11 is 0. The number of hydrogen-bond acceptors (Lipinski definition) is 2. The van der Waals surface area contributed by atoms with E-state index in [1.165, 1.54) is 0 Å². The Labute approximate surface area is 136 Å². The average molecular weight is 312 g/mol. The van der Waals surface area contributed by atoms with Gasteiger partial charge >= 0.3 is 5.97 Å². The second-order valence-corrected chi connectivity index (χ2v) is 9.56. The highest BCUT2D eigenvalue weighted by atomic mass is 16.4. The van der Waals surface area contributed by atoms with Gasteiger partial charge in [-0.05, 0) is 64.2 Å². The summed E-state index contributed by atoms with van der Waals surface area (Å²) in [7, 11) is 0. The Morgan fingerprint density at radius 3 is 1.50 bits per heavy atom. The topological polar surface area (TPSA) is 57.5 Å². The number of aliphatic carboxylic acids is 1. The summed E-state index contributed by atoms with van der Waals surface area (Å²) in [6.07, 6.45) is 7.50. The van der Waals surface area contributed by atoms with E-state index in [1.54, 1.807) is 13.8 Å². The molecule has 0 rings (SSSR count). The highest BCUT2D eigenvalue weighted by molar-refractivity contribution is 5.73. The Bertz CT molecular complexity index is 395. The summed E-state index contributed by atoms with van der Waals surface area (Å²) in [5, 5.41) is 19.2. The van der Waals surface area contributed by atoms with Crippen molar-refractivity contribution < 1.29 is 15.0 Å². The molecule has 0 aromatic carbocycles. The number of hydrogen-bond donors (Lipinski definition) is 2. The molecule has 0 atom stereocenters. The van der Waals surface area contributed by atoms with Gasteiger partial charge in [-0.1, -0.05) is 39.8 Å². The van der Waals surface area contributed by atoms with Crippen LogP contribution in [0.5, 0.6) is 0 Å². The smallest absolute Gasteiger partial charge is 0.309 e. The zero-order valence-corrected chi connectivity index (χ0v) is 15.8. The lowest BCUT2D eigenvalue weighted by Gasteiger charge is -2.32. The Morgan fingerprint density at radius 1 is 0.818 bits per heavy atom. The molecule has 0 saturated carbocycles. The van der Waals surface area contributed by atoms with Crippen LogP contribution in [0, 0.1) is 16.2 Å². The monoisotopic (exact) mass is 312 g/mol. The van der Waals surface area contributed by atoms with Crippen molar-refractivity contribution >= 4 is 5.97 Å². The third kappa shape index (κ3) is 9.24. The van der Waals surface area contributed by atoms with Crippen molar-refractivity contribution in [1.82, 2.24) is 0 Å². The molecule has 3 nitrogen and oxygen atoms in total. The van der Waals surface area contributed by atoms with Gasteiger partial charge in [0.25, 0.3) is 0 Å². The standard InChI is InChI=1S/C19H36O3/c1-16(2,13-18(5,6)15(20)21)11-9-10-12-17(3,4)14-19(7,8)22/h9-10,22H,11-14H2,1-8H3,(H,20,21)/b10-9-. The molecule has 0 aromatic heterocycles. The van der Waals surface area contributed by atoms with Gasteiger partial charge in [-0.15, -0.1) is 0 Å². The number of carbonyl (C=O) groups is 1. The summed E-state index contributed by atoms with van der Waals surface area (Å²) in [6.45, 7) is 15.8. The molecule has 0 aliphatic heterocycles. The highest BCUT2D eigenvalue weighted by Crippen LogP contribution is 2.37. The maximum absolute atomic E-state index is 11.3. The van der Waals surface area contributed by atoms with E-state index in [-0.39, 0.29) is 10.8 Å². The number of carboxylic acids is 1. The molecule has 2 N–H and O–H groups in total. The lowest BCUT2D eigenvalue weighted by atomic mass is 9.73. The van der Waals surface area contributed by atoms with Gasteiger partial charge in [0, 0.05) is 0 Å². The van der Waals surface area contributed by atoms with Crippen LogP contribution in [0.2, 0.25) is 0 Å². The fourth-order valence-corrected chi connectivity index (χ4v) is 3.39. The van der Waals surface area contributed by atoms with Crippen LogP contribution in [0.25, 0.3) is 0 Å². The van der Waals surface area contributed by atoms with Crippen molar-refractivity contribution in [2.75, 3.05) is 0 Å². The molecule has 0 fully saturated rings. The molecule has 22 heavy (non-hydrogen) atoms. The van der Waals surface area contributed by atoms with Gasteiger partial charge < -0.3 is 10.2 Å². The van der Waals surface area contributed by atoms with Gasteiger partial charge in [0.1, 0.15) is 0 Å². The molecule has 0 heterocycles. The predicted molar refractivity (Wildman–Crippen MR) is 92.9 cm³/mol. The van der Waals surface area contributed by atoms with E-state index < -0.39 is 17.0 Å². The lowest BCUT2D eigenvalue weighted by molar-refractivity contribution is -0.148. The van der Waals surface area contributed by atoms with Crippen LogP contribution in [-0.4, -0.2) is 21.8 Å². The fraction of sp³-hybridized carbons (Fsp3) is 0.842. The summed E-state index contributed by atoms with van der Waals surface area (Å²) in [5.74, 6) is -0.740. The molecule has 0 saturated heterocycles. The molecule has 0 aliphatic carbocycles. The number of allylic oxidation sites excluding steroid dienone is 2. The minimum Gasteiger partial charge on any atom is -0.481 e. The molecule has 0 radical (unpaired) electrons. The molecular weight excluding hydrogens is 276 g/mol. The molecule has 0 bridgehead atoms. The highest BCUT2D eigenvalue weighted by Gasteiger charge is 2.34. The maximum atomic E-state index is 11.3. The number of aliphatic hydroxyl groups is 1. The molecule has 0 aromatic rings. The molecule has 130 valence electrons. The van der Waals surface area contributed by atoms with Crippen LogP contribution >= 0.6 is 0 Å². The van der Waals surface area contributed by atoms with Gasteiger partial charge in [-0.2, -0.15) is 0 Å². The van der Waals surface area contributed by atoms with E-state index in [0.29, 0.717) is 6.42 Å². The summed E-state index contributed by atoms with van der Waals surface area (Å²) in [4.78, 5) is 11.3. The molecule has 0 unspecified atom stereocenters. The van der Waals surface area contributed by atoms with Crippen molar-refractivity contribution in [3.8, 4) is 0 Å². The normalized spacial score (nSPS) is 14.6. The predicted octanol–water partition coefficient (Wildman–Crippen LogP) is 5.04. The zero-order chi connectivity index (χ0) is 17.8. The Hall–Kier alpha value is -0.830. The van der Waals surface area contributed by atoms with E-state index in [9.17, 15) is 15.0 Å². The van der Waals surface area contributed by atoms with Crippen molar-refractivity contribution in [2.45, 2.75) is 86.7 Å². The lowest BCUT2D eigenvalue weighted by Crippen LogP contribution is -2.30. The summed E-state index contributed by atoms with van der Waals surface area (Å²) in [5.41, 5.74) is -1.34. The quantitative estimate of drug-likeness (QED) is 0.587. The first kappa shape index (κ1) is 21.2. The first-order valence-corrected chi connectivity index (χ1v) is 8.17. The summed E-state index contributed by atoms with van der Waals surface area (Å²) in [6, 6.07) is 0. The Kier molecular flexibility index (Phi) is 6.89. The van der Waals surface area contributed by atoms with Gasteiger partial charge in [-0.3, -0.25) is 4.79 Å². The molecular formula is C19H36O3. The van der Waals surface area contributed by atoms with Gasteiger partial charge in [0.15, 0.2) is 0 Å². The van der Waals surface area contributed by atoms with Crippen molar-refractivity contribution in [2.24, 2.45) is 16.2 Å². The first-order valence-electron chi connectivity index (χ1n) is 8.17. The number of carboxylic acid groups (broad SMARTS) is 1. The van der Waals surface area contributed by atoms with E-state index in [2.05, 4.69) is 39.8 Å². The third-order valence-electron chi connectivity index (χ3n) is 3.92. The summed E-state index contributed by atoms with van der Waals surface area (Å²) < 4.78 is 0. The van der Waals surface area contributed by atoms with Crippen LogP contribution in [0.15, 0.2) is 12.2 Å². The van der Waals surface area contributed by atoms with E-state index in [0.717, 1.165) is 19.3 Å². The van der Waals surface area contributed by atoms with E-state index in [1.807, 2.05) is 13.8 Å². The Balaban J connectivity index is 4.51. The molecule has 0 spiro atoms. The van der Waals surface area contributed by atoms with Gasteiger partial charge in [0.05, 0.1) is 11.0 Å². The number of rotatable bonds is 9. The van der Waals surface area contributed by atoms with Crippen LogP contribution in [0.3, 0.4) is 0 Å². The minimum atomic E-state index is -0.740. The van der Waals surface area contributed by atoms with Crippen LogP contribution < -0.4 is 0 Å². The SMILES string of the molecule is CC(C)(O)CC(C)(C)C/C=C\CC(C)(C)CC(C)(C)C(=O)O. The second-order valence-electron chi connectivity index (χ2n) is 9.56. The average Bonchev–Trinajstić information content (AvgIpc) is 2.19. The third-order valence-corrected chi connectivity index (χ3v) is 3.92. The molecule has 0 aliphatic rings. The van der Waals surface area contributed by atoms with Crippen LogP contribution in [-0.2, 0) is 4.79 Å². The van der Waals surface area contributed by atoms with Crippen molar-refractivity contribution in [3.63, 3.8) is 0 Å². The molecule has 0 amide bonds. The van der Waals surface area contributed by atoms with Crippen molar-refractivity contribution in [1.29, 1.82) is 0 Å². The van der Waals surface area contributed by atoms with Crippen LogP contribution in [0.1, 0.15) is 81.1 Å². The largest absolute Gasteiger partial charge is 0.481 e.